The minimum absolute atomic E-state index is 0.211. The SMILES string of the molecule is COc1ccccc1OCC(=O)Nc1ccc(Nc2ccccc2F)nn1. The first-order valence-corrected chi connectivity index (χ1v) is 8.06. The van der Waals surface area contributed by atoms with Crippen molar-refractivity contribution in [2.24, 2.45) is 0 Å². The van der Waals surface area contributed by atoms with Gasteiger partial charge in [-0.2, -0.15) is 0 Å². The second-order valence-corrected chi connectivity index (χ2v) is 5.40. The van der Waals surface area contributed by atoms with E-state index in [4.69, 9.17) is 9.47 Å². The number of methoxy groups -OCH3 is 1. The van der Waals surface area contributed by atoms with Crippen molar-refractivity contribution in [1.82, 2.24) is 10.2 Å². The third-order valence-corrected chi connectivity index (χ3v) is 3.50. The third kappa shape index (κ3) is 4.91. The van der Waals surface area contributed by atoms with Crippen LogP contribution in [0.1, 0.15) is 0 Å². The molecule has 0 fully saturated rings. The van der Waals surface area contributed by atoms with Crippen molar-refractivity contribution in [3.8, 4) is 11.5 Å². The van der Waals surface area contributed by atoms with Crippen molar-refractivity contribution in [1.29, 1.82) is 0 Å². The number of benzene rings is 2. The summed E-state index contributed by atoms with van der Waals surface area (Å²) in [4.78, 5) is 12.0. The molecule has 0 saturated heterocycles. The molecular weight excluding hydrogens is 351 g/mol. The van der Waals surface area contributed by atoms with Crippen LogP contribution >= 0.6 is 0 Å². The van der Waals surface area contributed by atoms with Crippen LogP contribution in [0.4, 0.5) is 21.7 Å². The largest absolute Gasteiger partial charge is 0.493 e. The molecule has 1 heterocycles. The van der Waals surface area contributed by atoms with Gasteiger partial charge in [-0.3, -0.25) is 4.79 Å². The van der Waals surface area contributed by atoms with E-state index in [1.807, 2.05) is 0 Å². The topological polar surface area (TPSA) is 85.4 Å². The molecule has 0 aliphatic carbocycles. The normalized spacial score (nSPS) is 10.1. The van der Waals surface area contributed by atoms with Gasteiger partial charge in [-0.1, -0.05) is 24.3 Å². The highest BCUT2D eigenvalue weighted by Gasteiger charge is 2.09. The van der Waals surface area contributed by atoms with Crippen molar-refractivity contribution in [2.45, 2.75) is 0 Å². The lowest BCUT2D eigenvalue weighted by Gasteiger charge is -2.10. The second-order valence-electron chi connectivity index (χ2n) is 5.40. The van der Waals surface area contributed by atoms with Gasteiger partial charge in [-0.25, -0.2) is 4.39 Å². The molecule has 27 heavy (non-hydrogen) atoms. The number of anilines is 3. The fourth-order valence-corrected chi connectivity index (χ4v) is 2.23. The van der Waals surface area contributed by atoms with Gasteiger partial charge in [-0.15, -0.1) is 10.2 Å². The van der Waals surface area contributed by atoms with Crippen molar-refractivity contribution in [3.63, 3.8) is 0 Å². The van der Waals surface area contributed by atoms with Gasteiger partial charge in [0.2, 0.25) is 0 Å². The second kappa shape index (κ2) is 8.61. The molecule has 1 aromatic heterocycles. The summed E-state index contributed by atoms with van der Waals surface area (Å²) >= 11 is 0. The van der Waals surface area contributed by atoms with Crippen LogP contribution in [0.15, 0.2) is 60.7 Å². The third-order valence-electron chi connectivity index (χ3n) is 3.50. The van der Waals surface area contributed by atoms with Gasteiger partial charge in [0.25, 0.3) is 5.91 Å². The molecule has 2 aromatic carbocycles. The molecule has 0 aliphatic rings. The molecule has 0 spiro atoms. The first-order chi connectivity index (χ1) is 13.2. The van der Waals surface area contributed by atoms with E-state index < -0.39 is 11.7 Å². The molecule has 3 rings (SSSR count). The fourth-order valence-electron chi connectivity index (χ4n) is 2.23. The van der Waals surface area contributed by atoms with Crippen molar-refractivity contribution in [3.05, 3.63) is 66.5 Å². The Morgan fingerprint density at radius 2 is 1.63 bits per heavy atom. The molecule has 8 heteroatoms. The average Bonchev–Trinajstić information content (AvgIpc) is 2.70. The molecule has 0 saturated carbocycles. The van der Waals surface area contributed by atoms with Gasteiger partial charge in [0.1, 0.15) is 5.82 Å². The molecule has 0 atom stereocenters. The van der Waals surface area contributed by atoms with Gasteiger partial charge >= 0.3 is 0 Å². The Morgan fingerprint density at radius 3 is 2.33 bits per heavy atom. The van der Waals surface area contributed by atoms with Crippen LogP contribution in [0.25, 0.3) is 0 Å². The number of para-hydroxylation sites is 3. The van der Waals surface area contributed by atoms with Crippen LogP contribution in [-0.2, 0) is 4.79 Å². The number of amides is 1. The molecular formula is C19H17FN4O3. The maximum absolute atomic E-state index is 13.6. The zero-order chi connectivity index (χ0) is 19.1. The number of nitrogens with one attached hydrogen (secondary N) is 2. The molecule has 0 unspecified atom stereocenters. The van der Waals surface area contributed by atoms with Crippen LogP contribution < -0.4 is 20.1 Å². The van der Waals surface area contributed by atoms with Gasteiger partial charge in [0, 0.05) is 0 Å². The molecule has 1 amide bonds. The number of ether oxygens (including phenoxy) is 2. The first-order valence-electron chi connectivity index (χ1n) is 8.06. The first kappa shape index (κ1) is 18.1. The summed E-state index contributed by atoms with van der Waals surface area (Å²) in [6, 6.07) is 16.4. The molecule has 7 nitrogen and oxygen atoms in total. The fraction of sp³-hybridized carbons (Fsp3) is 0.105. The quantitative estimate of drug-likeness (QED) is 0.665. The van der Waals surface area contributed by atoms with Crippen LogP contribution in [0.3, 0.4) is 0 Å². The van der Waals surface area contributed by atoms with E-state index in [0.717, 1.165) is 0 Å². The molecule has 0 aliphatic heterocycles. The maximum Gasteiger partial charge on any atom is 0.263 e. The minimum atomic E-state index is -0.398. The van der Waals surface area contributed by atoms with Gasteiger partial charge in [0.15, 0.2) is 29.7 Å². The van der Waals surface area contributed by atoms with Crippen LogP contribution in [0.5, 0.6) is 11.5 Å². The van der Waals surface area contributed by atoms with E-state index in [1.165, 1.54) is 13.2 Å². The summed E-state index contributed by atoms with van der Waals surface area (Å²) in [5.74, 6) is 0.806. The number of halogens is 1. The number of aromatic nitrogens is 2. The number of nitrogens with zero attached hydrogens (tertiary/aromatic N) is 2. The van der Waals surface area contributed by atoms with E-state index in [9.17, 15) is 9.18 Å². The van der Waals surface area contributed by atoms with Crippen molar-refractivity contribution in [2.75, 3.05) is 24.4 Å². The average molecular weight is 368 g/mol. The van der Waals surface area contributed by atoms with Gasteiger partial charge < -0.3 is 20.1 Å². The van der Waals surface area contributed by atoms with Crippen molar-refractivity contribution < 1.29 is 18.7 Å². The predicted octanol–water partition coefficient (Wildman–Crippen LogP) is 3.39. The zero-order valence-electron chi connectivity index (χ0n) is 14.5. The molecule has 0 bridgehead atoms. The summed E-state index contributed by atoms with van der Waals surface area (Å²) < 4.78 is 24.2. The summed E-state index contributed by atoms with van der Waals surface area (Å²) in [7, 11) is 1.52. The van der Waals surface area contributed by atoms with E-state index in [-0.39, 0.29) is 18.1 Å². The summed E-state index contributed by atoms with van der Waals surface area (Å²) in [6.45, 7) is -0.211. The van der Waals surface area contributed by atoms with Crippen molar-refractivity contribution >= 4 is 23.2 Å². The van der Waals surface area contributed by atoms with E-state index in [2.05, 4.69) is 20.8 Å². The number of hydrogen-bond donors (Lipinski definition) is 2. The summed E-state index contributed by atoms with van der Waals surface area (Å²) in [5, 5.41) is 13.2. The Labute approximate surface area is 155 Å². The Hall–Kier alpha value is -3.68. The number of hydrogen-bond acceptors (Lipinski definition) is 6. The van der Waals surface area contributed by atoms with Crippen LogP contribution in [-0.4, -0.2) is 29.8 Å². The number of rotatable bonds is 7. The number of carbonyl (C=O) groups is 1. The Bertz CT molecular complexity index is 919. The molecule has 0 radical (unpaired) electrons. The van der Waals surface area contributed by atoms with Crippen LogP contribution in [0.2, 0.25) is 0 Å². The zero-order valence-corrected chi connectivity index (χ0v) is 14.5. The Morgan fingerprint density at radius 1 is 0.963 bits per heavy atom. The highest BCUT2D eigenvalue weighted by Crippen LogP contribution is 2.25. The number of carbonyl (C=O) groups excluding carboxylic acids is 1. The lowest BCUT2D eigenvalue weighted by Crippen LogP contribution is -2.21. The van der Waals surface area contributed by atoms with Gasteiger partial charge in [0.05, 0.1) is 12.8 Å². The summed E-state index contributed by atoms with van der Waals surface area (Å²) in [5.41, 5.74) is 0.286. The van der Waals surface area contributed by atoms with Crippen LogP contribution in [0, 0.1) is 5.82 Å². The van der Waals surface area contributed by atoms with E-state index >= 15 is 0 Å². The molecule has 2 N–H and O–H groups in total. The molecule has 3 aromatic rings. The lowest BCUT2D eigenvalue weighted by molar-refractivity contribution is -0.118. The predicted molar refractivity (Wildman–Crippen MR) is 98.8 cm³/mol. The molecule has 138 valence electrons. The maximum atomic E-state index is 13.6. The smallest absolute Gasteiger partial charge is 0.263 e. The summed E-state index contributed by atoms with van der Waals surface area (Å²) in [6.07, 6.45) is 0. The highest BCUT2D eigenvalue weighted by atomic mass is 19.1. The van der Waals surface area contributed by atoms with Gasteiger partial charge in [-0.05, 0) is 36.4 Å². The monoisotopic (exact) mass is 368 g/mol. The van der Waals surface area contributed by atoms with E-state index in [1.54, 1.807) is 54.6 Å². The lowest BCUT2D eigenvalue weighted by atomic mass is 10.3. The standard InChI is InChI=1S/C19H17FN4O3/c1-26-15-8-4-5-9-16(15)27-12-19(25)22-18-11-10-17(23-24-18)21-14-7-3-2-6-13(14)20/h2-11H,12H2,1H3,(H,21,23)(H,22,24,25). The van der Waals surface area contributed by atoms with E-state index in [0.29, 0.717) is 17.3 Å². The highest BCUT2D eigenvalue weighted by molar-refractivity contribution is 5.91. The minimum Gasteiger partial charge on any atom is -0.493 e. The Balaban J connectivity index is 1.55. The Kier molecular flexibility index (Phi) is 5.78.